The summed E-state index contributed by atoms with van der Waals surface area (Å²) < 4.78 is 29.4. The van der Waals surface area contributed by atoms with Crippen molar-refractivity contribution >= 4 is 49.0 Å². The van der Waals surface area contributed by atoms with E-state index in [-0.39, 0.29) is 10.8 Å². The minimum atomic E-state index is -3.74. The van der Waals surface area contributed by atoms with Gasteiger partial charge >= 0.3 is 0 Å². The lowest BCUT2D eigenvalue weighted by molar-refractivity contribution is 0.101. The maximum Gasteiger partial charge on any atom is 0.272 e. The van der Waals surface area contributed by atoms with Gasteiger partial charge in [0.05, 0.1) is 4.90 Å². The predicted molar refractivity (Wildman–Crippen MR) is 129 cm³/mol. The number of thiazole rings is 1. The van der Waals surface area contributed by atoms with Crippen molar-refractivity contribution in [2.24, 2.45) is 0 Å². The second kappa shape index (κ2) is 8.76. The van der Waals surface area contributed by atoms with Crippen LogP contribution in [0.5, 0.6) is 0 Å². The molecule has 2 aromatic carbocycles. The highest BCUT2D eigenvalue weighted by molar-refractivity contribution is 7.93. The van der Waals surface area contributed by atoms with E-state index in [2.05, 4.69) is 40.1 Å². The molecule has 0 radical (unpaired) electrons. The molecule has 4 rings (SSSR count). The number of nitrogens with zero attached hydrogens (tertiary/aromatic N) is 2. The van der Waals surface area contributed by atoms with Crippen molar-refractivity contribution in [1.29, 1.82) is 0 Å². The largest absolute Gasteiger partial charge is 0.337 e. The van der Waals surface area contributed by atoms with E-state index in [9.17, 15) is 13.2 Å². The number of rotatable bonds is 7. The number of amides is 1. The quantitative estimate of drug-likeness (QED) is 0.397. The molecule has 2 aromatic heterocycles. The summed E-state index contributed by atoms with van der Waals surface area (Å²) in [5, 5.41) is 5.97. The van der Waals surface area contributed by atoms with Crippen molar-refractivity contribution < 1.29 is 13.2 Å². The summed E-state index contributed by atoms with van der Waals surface area (Å²) >= 11 is 1.20. The lowest BCUT2D eigenvalue weighted by atomic mass is 10.1. The number of carbonyl (C=O) groups is 1. The summed E-state index contributed by atoms with van der Waals surface area (Å²) in [6.45, 7) is 6.75. The van der Waals surface area contributed by atoms with E-state index in [1.165, 1.54) is 35.2 Å². The lowest BCUT2D eigenvalue weighted by Gasteiger charge is -2.11. The molecule has 0 aliphatic rings. The van der Waals surface area contributed by atoms with Gasteiger partial charge in [0.25, 0.3) is 15.9 Å². The first kappa shape index (κ1) is 22.0. The van der Waals surface area contributed by atoms with Gasteiger partial charge in [-0.3, -0.25) is 9.52 Å². The predicted octanol–water partition coefficient (Wildman–Crippen LogP) is 5.04. The van der Waals surface area contributed by atoms with Crippen molar-refractivity contribution in [3.63, 3.8) is 0 Å². The van der Waals surface area contributed by atoms with Gasteiger partial charge in [0, 0.05) is 34.7 Å². The Balaban J connectivity index is 1.59. The second-order valence-corrected chi connectivity index (χ2v) is 9.92. The minimum Gasteiger partial charge on any atom is -0.337 e. The van der Waals surface area contributed by atoms with Gasteiger partial charge in [-0.1, -0.05) is 13.0 Å². The Bertz CT molecular complexity index is 1370. The molecule has 0 atom stereocenters. The molecule has 0 aliphatic heterocycles. The molecular formula is C23H24N4O3S2. The zero-order valence-electron chi connectivity index (χ0n) is 18.0. The monoisotopic (exact) mass is 468 g/mol. The highest BCUT2D eigenvalue weighted by Crippen LogP contribution is 2.28. The van der Waals surface area contributed by atoms with Gasteiger partial charge in [-0.05, 0) is 67.8 Å². The van der Waals surface area contributed by atoms with E-state index in [0.717, 1.165) is 22.9 Å². The van der Waals surface area contributed by atoms with E-state index >= 15 is 0 Å². The van der Waals surface area contributed by atoms with Crippen LogP contribution in [0.15, 0.2) is 58.9 Å². The Hall–Kier alpha value is -3.17. The molecular weight excluding hydrogens is 444 g/mol. The molecule has 0 saturated carbocycles. The maximum absolute atomic E-state index is 13.2. The van der Waals surface area contributed by atoms with Crippen LogP contribution in [0.3, 0.4) is 0 Å². The second-order valence-electron chi connectivity index (χ2n) is 7.34. The number of fused-ring (bicyclic) bond motifs is 1. The summed E-state index contributed by atoms with van der Waals surface area (Å²) in [6, 6.07) is 12.4. The molecule has 9 heteroatoms. The summed E-state index contributed by atoms with van der Waals surface area (Å²) in [7, 11) is -3.74. The van der Waals surface area contributed by atoms with Crippen molar-refractivity contribution in [3.8, 4) is 0 Å². The lowest BCUT2D eigenvalue weighted by Crippen LogP contribution is -2.18. The van der Waals surface area contributed by atoms with Crippen molar-refractivity contribution in [2.45, 2.75) is 38.6 Å². The maximum atomic E-state index is 13.2. The van der Waals surface area contributed by atoms with E-state index < -0.39 is 10.0 Å². The molecule has 2 N–H and O–H groups in total. The Morgan fingerprint density at radius 1 is 1.12 bits per heavy atom. The van der Waals surface area contributed by atoms with Gasteiger partial charge in [-0.25, -0.2) is 13.4 Å². The molecule has 166 valence electrons. The van der Waals surface area contributed by atoms with E-state index in [0.29, 0.717) is 23.1 Å². The number of nitrogens with one attached hydrogen (secondary N) is 2. The molecule has 32 heavy (non-hydrogen) atoms. The van der Waals surface area contributed by atoms with Crippen LogP contribution in [0.2, 0.25) is 0 Å². The van der Waals surface area contributed by atoms with E-state index in [4.69, 9.17) is 0 Å². The number of anilines is 2. The molecule has 0 unspecified atom stereocenters. The van der Waals surface area contributed by atoms with Crippen LogP contribution < -0.4 is 10.0 Å². The first-order chi connectivity index (χ1) is 15.3. The Labute approximate surface area is 191 Å². The van der Waals surface area contributed by atoms with Crippen LogP contribution in [-0.2, 0) is 23.0 Å². The standard InChI is InChI=1S/C23H24N4O3S2/c1-4-16-6-11-20-19(14-16)15(3)21(27(20)5-2)22(28)25-17-7-9-18(10-8-17)32(29,30)26-23-24-12-13-31-23/h6-14H,4-5H2,1-3H3,(H,24,26)(H,25,28). The van der Waals surface area contributed by atoms with Gasteiger partial charge in [0.15, 0.2) is 5.13 Å². The zero-order valence-corrected chi connectivity index (χ0v) is 19.7. The molecule has 4 aromatic rings. The van der Waals surface area contributed by atoms with Crippen molar-refractivity contribution in [3.05, 3.63) is 70.9 Å². The number of hydrogen-bond acceptors (Lipinski definition) is 5. The number of aryl methyl sites for hydroxylation is 3. The Morgan fingerprint density at radius 2 is 1.88 bits per heavy atom. The number of sulfonamides is 1. The van der Waals surface area contributed by atoms with Crippen LogP contribution in [0.25, 0.3) is 10.9 Å². The SMILES string of the molecule is CCc1ccc2c(c1)c(C)c(C(=O)Nc1ccc(S(=O)(=O)Nc3nccs3)cc1)n2CC. The summed E-state index contributed by atoms with van der Waals surface area (Å²) in [4.78, 5) is 17.2. The van der Waals surface area contributed by atoms with Crippen molar-refractivity contribution in [1.82, 2.24) is 9.55 Å². The van der Waals surface area contributed by atoms with Crippen LogP contribution in [0, 0.1) is 6.92 Å². The fourth-order valence-corrected chi connectivity index (χ4v) is 5.55. The zero-order chi connectivity index (χ0) is 22.9. The average molecular weight is 469 g/mol. The Kier molecular flexibility index (Phi) is 6.03. The molecule has 0 aliphatic carbocycles. The molecule has 0 bridgehead atoms. The topological polar surface area (TPSA) is 93.1 Å². The minimum absolute atomic E-state index is 0.0941. The fraction of sp³-hybridized carbons (Fsp3) is 0.217. The third kappa shape index (κ3) is 4.13. The van der Waals surface area contributed by atoms with Gasteiger partial charge in [0.1, 0.15) is 5.69 Å². The number of benzene rings is 2. The highest BCUT2D eigenvalue weighted by Gasteiger charge is 2.21. The van der Waals surface area contributed by atoms with Crippen LogP contribution in [0.4, 0.5) is 10.8 Å². The van der Waals surface area contributed by atoms with Crippen molar-refractivity contribution in [2.75, 3.05) is 10.0 Å². The third-order valence-corrected chi connectivity index (χ3v) is 7.57. The number of carbonyl (C=O) groups excluding carboxylic acids is 1. The molecule has 2 heterocycles. The fourth-order valence-electron chi connectivity index (χ4n) is 3.77. The van der Waals surface area contributed by atoms with Crippen LogP contribution in [-0.4, -0.2) is 23.9 Å². The first-order valence-electron chi connectivity index (χ1n) is 10.3. The molecule has 1 amide bonds. The van der Waals surface area contributed by atoms with Gasteiger partial charge in [-0.15, -0.1) is 11.3 Å². The van der Waals surface area contributed by atoms with Gasteiger partial charge < -0.3 is 9.88 Å². The average Bonchev–Trinajstić information content (AvgIpc) is 3.39. The summed E-state index contributed by atoms with van der Waals surface area (Å²) in [5.41, 5.74) is 4.31. The smallest absolute Gasteiger partial charge is 0.272 e. The third-order valence-electron chi connectivity index (χ3n) is 5.40. The van der Waals surface area contributed by atoms with Crippen LogP contribution >= 0.6 is 11.3 Å². The molecule has 0 spiro atoms. The molecule has 7 nitrogen and oxygen atoms in total. The van der Waals surface area contributed by atoms with Gasteiger partial charge in [-0.2, -0.15) is 0 Å². The number of hydrogen-bond donors (Lipinski definition) is 2. The molecule has 0 fully saturated rings. The normalized spacial score (nSPS) is 11.6. The van der Waals surface area contributed by atoms with Gasteiger partial charge in [0.2, 0.25) is 0 Å². The number of aromatic nitrogens is 2. The van der Waals surface area contributed by atoms with E-state index in [1.54, 1.807) is 17.5 Å². The van der Waals surface area contributed by atoms with Crippen LogP contribution in [0.1, 0.15) is 35.5 Å². The summed E-state index contributed by atoms with van der Waals surface area (Å²) in [5.74, 6) is -0.227. The van der Waals surface area contributed by atoms with E-state index in [1.807, 2.05) is 18.4 Å². The Morgan fingerprint density at radius 3 is 2.50 bits per heavy atom. The highest BCUT2D eigenvalue weighted by atomic mass is 32.2. The molecule has 0 saturated heterocycles. The first-order valence-corrected chi connectivity index (χ1v) is 12.7. The summed E-state index contributed by atoms with van der Waals surface area (Å²) in [6.07, 6.45) is 2.46.